The average molecular weight is 272 g/mol. The Balaban J connectivity index is 2.42. The van der Waals surface area contributed by atoms with Crippen molar-refractivity contribution in [2.45, 2.75) is 13.8 Å². The van der Waals surface area contributed by atoms with Gasteiger partial charge in [0.25, 0.3) is 0 Å². The van der Waals surface area contributed by atoms with Crippen LogP contribution < -0.4 is 5.73 Å². The van der Waals surface area contributed by atoms with E-state index in [0.717, 1.165) is 27.8 Å². The zero-order chi connectivity index (χ0) is 13.6. The molecule has 3 rings (SSSR count). The molecule has 0 spiro atoms. The van der Waals surface area contributed by atoms with Crippen molar-refractivity contribution in [1.29, 1.82) is 0 Å². The summed E-state index contributed by atoms with van der Waals surface area (Å²) in [6, 6.07) is 11.9. The molecule has 0 unspecified atom stereocenters. The molecule has 4 heteroatoms. The number of hydrogen-bond donors (Lipinski definition) is 1. The van der Waals surface area contributed by atoms with E-state index in [-0.39, 0.29) is 0 Å². The molecule has 2 N–H and O–H groups in total. The minimum atomic E-state index is 0.455. The summed E-state index contributed by atoms with van der Waals surface area (Å²) in [4.78, 5) is 4.40. The summed E-state index contributed by atoms with van der Waals surface area (Å²) in [5.74, 6) is 0.455. The molecule has 2 aromatic carbocycles. The van der Waals surface area contributed by atoms with E-state index in [1.165, 1.54) is 0 Å². The number of imidazole rings is 1. The van der Waals surface area contributed by atoms with Crippen LogP contribution >= 0.6 is 11.6 Å². The maximum atomic E-state index is 6.31. The van der Waals surface area contributed by atoms with Crippen molar-refractivity contribution in [1.82, 2.24) is 9.55 Å². The zero-order valence-corrected chi connectivity index (χ0v) is 11.6. The molecule has 0 bridgehead atoms. The SMILES string of the molecule is Cc1ccc(Cl)c(-n2c(N)nc3cccc(C)c32)c1. The Morgan fingerprint density at radius 1 is 1.16 bits per heavy atom. The molecule has 1 aromatic heterocycles. The van der Waals surface area contributed by atoms with E-state index in [1.54, 1.807) is 0 Å². The Hall–Kier alpha value is -2.00. The lowest BCUT2D eigenvalue weighted by Crippen LogP contribution is -2.02. The van der Waals surface area contributed by atoms with Gasteiger partial charge in [-0.25, -0.2) is 4.98 Å². The lowest BCUT2D eigenvalue weighted by Gasteiger charge is -2.11. The molecule has 0 saturated heterocycles. The van der Waals surface area contributed by atoms with Crippen LogP contribution in [0.3, 0.4) is 0 Å². The van der Waals surface area contributed by atoms with Gasteiger partial charge in [-0.1, -0.05) is 29.8 Å². The highest BCUT2D eigenvalue weighted by atomic mass is 35.5. The number of rotatable bonds is 1. The van der Waals surface area contributed by atoms with Crippen LogP contribution in [0.25, 0.3) is 16.7 Å². The monoisotopic (exact) mass is 271 g/mol. The average Bonchev–Trinajstić information content (AvgIpc) is 2.70. The second-order valence-electron chi connectivity index (χ2n) is 4.70. The molecule has 3 nitrogen and oxygen atoms in total. The van der Waals surface area contributed by atoms with E-state index in [0.29, 0.717) is 11.0 Å². The Labute approximate surface area is 116 Å². The number of benzene rings is 2. The number of aryl methyl sites for hydroxylation is 2. The van der Waals surface area contributed by atoms with E-state index in [2.05, 4.69) is 4.98 Å². The number of hydrogen-bond acceptors (Lipinski definition) is 2. The first-order chi connectivity index (χ1) is 9.08. The Bertz CT molecular complexity index is 774. The second kappa shape index (κ2) is 4.28. The van der Waals surface area contributed by atoms with Gasteiger partial charge in [-0.15, -0.1) is 0 Å². The van der Waals surface area contributed by atoms with Gasteiger partial charge in [0.2, 0.25) is 5.95 Å². The van der Waals surface area contributed by atoms with Gasteiger partial charge >= 0.3 is 0 Å². The number of nitrogen functional groups attached to an aromatic ring is 1. The van der Waals surface area contributed by atoms with Crippen LogP contribution in [0.2, 0.25) is 5.02 Å². The topological polar surface area (TPSA) is 43.8 Å². The highest BCUT2D eigenvalue weighted by Crippen LogP contribution is 2.30. The maximum Gasteiger partial charge on any atom is 0.205 e. The summed E-state index contributed by atoms with van der Waals surface area (Å²) in [5, 5.41) is 0.667. The Morgan fingerprint density at radius 3 is 2.74 bits per heavy atom. The third-order valence-corrected chi connectivity index (χ3v) is 3.57. The number of halogens is 1. The molecule has 1 heterocycles. The van der Waals surface area contributed by atoms with Crippen molar-refractivity contribution in [3.63, 3.8) is 0 Å². The molecule has 0 atom stereocenters. The van der Waals surface area contributed by atoms with Crippen LogP contribution in [-0.4, -0.2) is 9.55 Å². The van der Waals surface area contributed by atoms with E-state index in [1.807, 2.05) is 54.8 Å². The summed E-state index contributed by atoms with van der Waals surface area (Å²) in [7, 11) is 0. The summed E-state index contributed by atoms with van der Waals surface area (Å²) in [6.45, 7) is 4.08. The molecule has 96 valence electrons. The standard InChI is InChI=1S/C15H14ClN3/c1-9-6-7-11(16)13(8-9)19-14-10(2)4-3-5-12(14)18-15(19)17/h3-8H,1-2H3,(H2,17,18). The number of para-hydroxylation sites is 1. The summed E-state index contributed by atoms with van der Waals surface area (Å²) < 4.78 is 1.92. The highest BCUT2D eigenvalue weighted by molar-refractivity contribution is 6.32. The molecule has 0 radical (unpaired) electrons. The van der Waals surface area contributed by atoms with Crippen LogP contribution in [0.1, 0.15) is 11.1 Å². The van der Waals surface area contributed by atoms with Crippen molar-refractivity contribution in [2.24, 2.45) is 0 Å². The zero-order valence-electron chi connectivity index (χ0n) is 10.8. The van der Waals surface area contributed by atoms with Crippen molar-refractivity contribution < 1.29 is 0 Å². The van der Waals surface area contributed by atoms with Crippen molar-refractivity contribution in [3.05, 3.63) is 52.5 Å². The summed E-state index contributed by atoms with van der Waals surface area (Å²) in [6.07, 6.45) is 0. The molecule has 0 aliphatic carbocycles. The van der Waals surface area contributed by atoms with Crippen LogP contribution in [-0.2, 0) is 0 Å². The first-order valence-electron chi connectivity index (χ1n) is 6.08. The van der Waals surface area contributed by atoms with Gasteiger partial charge in [-0.3, -0.25) is 4.57 Å². The molecule has 0 aliphatic rings. The van der Waals surface area contributed by atoms with Crippen LogP contribution in [0.4, 0.5) is 5.95 Å². The lowest BCUT2D eigenvalue weighted by atomic mass is 10.2. The largest absolute Gasteiger partial charge is 0.369 e. The Morgan fingerprint density at radius 2 is 1.95 bits per heavy atom. The summed E-state index contributed by atoms with van der Waals surface area (Å²) >= 11 is 6.31. The molecule has 19 heavy (non-hydrogen) atoms. The number of fused-ring (bicyclic) bond motifs is 1. The lowest BCUT2D eigenvalue weighted by molar-refractivity contribution is 1.10. The fourth-order valence-electron chi connectivity index (χ4n) is 2.35. The van der Waals surface area contributed by atoms with Gasteiger partial charge in [-0.05, 0) is 43.2 Å². The molecule has 3 aromatic rings. The normalized spacial score (nSPS) is 11.1. The summed E-state index contributed by atoms with van der Waals surface area (Å²) in [5.41, 5.74) is 11.1. The van der Waals surface area contributed by atoms with Gasteiger partial charge < -0.3 is 5.73 Å². The number of anilines is 1. The Kier molecular flexibility index (Phi) is 2.72. The minimum Gasteiger partial charge on any atom is -0.369 e. The number of nitrogens with zero attached hydrogens (tertiary/aromatic N) is 2. The second-order valence-corrected chi connectivity index (χ2v) is 5.11. The van der Waals surface area contributed by atoms with Crippen LogP contribution in [0.5, 0.6) is 0 Å². The minimum absolute atomic E-state index is 0.455. The van der Waals surface area contributed by atoms with Crippen molar-refractivity contribution >= 4 is 28.6 Å². The molecular weight excluding hydrogens is 258 g/mol. The fraction of sp³-hybridized carbons (Fsp3) is 0.133. The van der Waals surface area contributed by atoms with Crippen molar-refractivity contribution in [3.8, 4) is 5.69 Å². The molecule has 0 fully saturated rings. The molecular formula is C15H14ClN3. The predicted octanol–water partition coefficient (Wildman–Crippen LogP) is 3.88. The van der Waals surface area contributed by atoms with Gasteiger partial charge in [0.15, 0.2) is 0 Å². The van der Waals surface area contributed by atoms with Gasteiger partial charge in [0.05, 0.1) is 21.7 Å². The first-order valence-corrected chi connectivity index (χ1v) is 6.46. The van der Waals surface area contributed by atoms with E-state index in [4.69, 9.17) is 17.3 Å². The third-order valence-electron chi connectivity index (χ3n) is 3.25. The molecule has 0 saturated carbocycles. The first kappa shape index (κ1) is 12.1. The van der Waals surface area contributed by atoms with E-state index in [9.17, 15) is 0 Å². The predicted molar refractivity (Wildman–Crippen MR) is 80.0 cm³/mol. The van der Waals surface area contributed by atoms with Crippen molar-refractivity contribution in [2.75, 3.05) is 5.73 Å². The smallest absolute Gasteiger partial charge is 0.205 e. The van der Waals surface area contributed by atoms with Crippen LogP contribution in [0.15, 0.2) is 36.4 Å². The van der Waals surface area contributed by atoms with Gasteiger partial charge in [0.1, 0.15) is 0 Å². The fourth-order valence-corrected chi connectivity index (χ4v) is 2.55. The van der Waals surface area contributed by atoms with Crippen LogP contribution in [0, 0.1) is 13.8 Å². The molecule has 0 aliphatic heterocycles. The van der Waals surface area contributed by atoms with Gasteiger partial charge in [0, 0.05) is 0 Å². The third kappa shape index (κ3) is 1.87. The quantitative estimate of drug-likeness (QED) is 0.730. The maximum absolute atomic E-state index is 6.31. The van der Waals surface area contributed by atoms with Gasteiger partial charge in [-0.2, -0.15) is 0 Å². The number of nitrogens with two attached hydrogens (primary N) is 1. The van der Waals surface area contributed by atoms with E-state index < -0.39 is 0 Å². The number of aromatic nitrogens is 2. The highest BCUT2D eigenvalue weighted by Gasteiger charge is 2.14. The molecule has 0 amide bonds. The van der Waals surface area contributed by atoms with E-state index >= 15 is 0 Å².